The molecule has 1 aromatic heterocycles. The molecule has 0 radical (unpaired) electrons. The van der Waals surface area contributed by atoms with Crippen molar-refractivity contribution in [3.05, 3.63) is 45.0 Å². The van der Waals surface area contributed by atoms with Crippen molar-refractivity contribution in [1.29, 1.82) is 0 Å². The molecule has 2 atom stereocenters. The third kappa shape index (κ3) is 5.05. The van der Waals surface area contributed by atoms with Crippen LogP contribution >= 0.6 is 27.5 Å². The van der Waals surface area contributed by atoms with Gasteiger partial charge in [0.2, 0.25) is 0 Å². The van der Waals surface area contributed by atoms with Crippen LogP contribution in [-0.4, -0.2) is 61.3 Å². The lowest BCUT2D eigenvalue weighted by Gasteiger charge is -2.33. The lowest BCUT2D eigenvalue weighted by molar-refractivity contribution is -0.906. The minimum Gasteiger partial charge on any atom is -0.370 e. The molecule has 12 heteroatoms. The van der Waals surface area contributed by atoms with E-state index in [4.69, 9.17) is 16.3 Å². The van der Waals surface area contributed by atoms with Gasteiger partial charge in [-0.1, -0.05) is 39.7 Å². The summed E-state index contributed by atoms with van der Waals surface area (Å²) in [7, 11) is 0. The molecule has 0 bridgehead atoms. The van der Waals surface area contributed by atoms with E-state index < -0.39 is 24.2 Å². The fraction of sp³-hybridized carbons (Fsp3) is 0.500. The maximum absolute atomic E-state index is 13.9. The molecule has 2 aliphatic heterocycles. The van der Waals surface area contributed by atoms with Gasteiger partial charge in [0.25, 0.3) is 5.91 Å². The van der Waals surface area contributed by atoms with E-state index in [1.165, 1.54) is 4.90 Å². The van der Waals surface area contributed by atoms with Crippen LogP contribution in [-0.2, 0) is 4.74 Å². The van der Waals surface area contributed by atoms with E-state index in [-0.39, 0.29) is 23.0 Å². The Labute approximate surface area is 196 Å². The van der Waals surface area contributed by atoms with Gasteiger partial charge in [-0.3, -0.25) is 4.79 Å². The number of fused-ring (bicyclic) bond motifs is 1. The summed E-state index contributed by atoms with van der Waals surface area (Å²) >= 11 is 9.68. The first-order valence-electron chi connectivity index (χ1n) is 10.3. The molecule has 7 nitrogen and oxygen atoms in total. The Morgan fingerprint density at radius 1 is 1.31 bits per heavy atom. The zero-order chi connectivity index (χ0) is 22.9. The van der Waals surface area contributed by atoms with Gasteiger partial charge in [-0.2, -0.15) is 18.3 Å². The Balaban J connectivity index is 1.53. The van der Waals surface area contributed by atoms with Crippen LogP contribution in [0.25, 0.3) is 0 Å². The summed E-state index contributed by atoms with van der Waals surface area (Å²) < 4.78 is 48.5. The maximum Gasteiger partial charge on any atom is 0.410 e. The summed E-state index contributed by atoms with van der Waals surface area (Å²) in [5, 5.41) is 9.61. The van der Waals surface area contributed by atoms with Gasteiger partial charge in [0.1, 0.15) is 23.9 Å². The molecule has 3 N–H and O–H groups in total. The molecule has 0 spiro atoms. The number of aromatic nitrogens is 2. The number of morpholine rings is 1. The van der Waals surface area contributed by atoms with Gasteiger partial charge in [0.05, 0.1) is 32.3 Å². The number of hydrogen-bond donors (Lipinski definition) is 3. The van der Waals surface area contributed by atoms with Crippen LogP contribution in [0.5, 0.6) is 0 Å². The van der Waals surface area contributed by atoms with Crippen molar-refractivity contribution < 1.29 is 27.6 Å². The second-order valence-electron chi connectivity index (χ2n) is 7.87. The third-order valence-corrected chi connectivity index (χ3v) is 6.63. The highest BCUT2D eigenvalue weighted by Gasteiger charge is 2.47. The molecule has 1 fully saturated rings. The zero-order valence-corrected chi connectivity index (χ0v) is 19.4. The second kappa shape index (κ2) is 9.58. The molecule has 1 saturated heterocycles. The molecule has 174 valence electrons. The smallest absolute Gasteiger partial charge is 0.370 e. The summed E-state index contributed by atoms with van der Waals surface area (Å²) in [5.74, 6) is -0.593. The number of alkyl halides is 3. The number of halogens is 5. The number of carbonyl (C=O) groups excluding carboxylic acids is 1. The predicted molar refractivity (Wildman–Crippen MR) is 116 cm³/mol. The van der Waals surface area contributed by atoms with E-state index in [1.54, 1.807) is 24.3 Å². The van der Waals surface area contributed by atoms with Crippen LogP contribution in [0.1, 0.15) is 34.6 Å². The van der Waals surface area contributed by atoms with E-state index in [9.17, 15) is 18.0 Å². The number of hydrogen-bond acceptors (Lipinski definition) is 4. The van der Waals surface area contributed by atoms with E-state index in [0.29, 0.717) is 31.9 Å². The molecule has 0 saturated carbocycles. The molecule has 4 rings (SSSR count). The fourth-order valence-corrected chi connectivity index (χ4v) is 4.52. The molecule has 2 aromatic rings. The molecular weight excluding hydrogens is 515 g/mol. The Bertz CT molecular complexity index is 963. The van der Waals surface area contributed by atoms with Gasteiger partial charge in [0.15, 0.2) is 11.7 Å². The van der Waals surface area contributed by atoms with Crippen molar-refractivity contribution in [2.75, 3.05) is 44.7 Å². The molecule has 3 heterocycles. The highest BCUT2D eigenvalue weighted by molar-refractivity contribution is 9.10. The van der Waals surface area contributed by atoms with Crippen molar-refractivity contribution in [1.82, 2.24) is 15.1 Å². The first-order valence-corrected chi connectivity index (χ1v) is 11.5. The molecule has 32 heavy (non-hydrogen) atoms. The Hall–Kier alpha value is -1.82. The number of amides is 1. The van der Waals surface area contributed by atoms with Gasteiger partial charge < -0.3 is 20.3 Å². The number of nitrogens with one attached hydrogen (secondary N) is 3. The Kier molecular flexibility index (Phi) is 6.99. The molecule has 0 aliphatic carbocycles. The largest absolute Gasteiger partial charge is 0.410 e. The molecule has 1 aromatic carbocycles. The van der Waals surface area contributed by atoms with Crippen molar-refractivity contribution in [2.24, 2.45) is 0 Å². The minimum absolute atomic E-state index is 0.00267. The van der Waals surface area contributed by atoms with Crippen LogP contribution in [0.2, 0.25) is 5.02 Å². The Morgan fingerprint density at radius 2 is 2.00 bits per heavy atom. The zero-order valence-electron chi connectivity index (χ0n) is 17.0. The summed E-state index contributed by atoms with van der Waals surface area (Å²) in [6, 6.07) is 4.50. The minimum atomic E-state index is -4.55. The summed E-state index contributed by atoms with van der Waals surface area (Å²) in [6.07, 6.45) is -4.81. The number of anilines is 1. The summed E-state index contributed by atoms with van der Waals surface area (Å²) in [5.41, 5.74) is 0.474. The highest BCUT2D eigenvalue weighted by Crippen LogP contribution is 2.46. The normalized spacial score (nSPS) is 21.7. The number of carbonyl (C=O) groups is 1. The number of nitrogens with zero attached hydrogens (tertiary/aromatic N) is 2. The molecule has 1 amide bonds. The molecule has 2 aliphatic rings. The lowest BCUT2D eigenvalue weighted by atomic mass is 9.97. The SMILES string of the molecule is O=C(NCC[NH+]1CCOCC1)c1nn2c(c1Cl)NC(c1ccc(Br)cc1)CC2C(F)(F)F. The van der Waals surface area contributed by atoms with Crippen molar-refractivity contribution in [3.63, 3.8) is 0 Å². The fourth-order valence-electron chi connectivity index (χ4n) is 3.99. The molecule has 2 unspecified atom stereocenters. The van der Waals surface area contributed by atoms with Gasteiger partial charge >= 0.3 is 6.18 Å². The van der Waals surface area contributed by atoms with Crippen LogP contribution in [0.15, 0.2) is 28.7 Å². The van der Waals surface area contributed by atoms with Crippen molar-refractivity contribution >= 4 is 39.3 Å². The first-order chi connectivity index (χ1) is 15.2. The monoisotopic (exact) mass is 536 g/mol. The lowest BCUT2D eigenvalue weighted by Crippen LogP contribution is -3.14. The second-order valence-corrected chi connectivity index (χ2v) is 9.16. The summed E-state index contributed by atoms with van der Waals surface area (Å²) in [6.45, 7) is 4.10. The van der Waals surface area contributed by atoms with Crippen molar-refractivity contribution in [2.45, 2.75) is 24.7 Å². The first kappa shape index (κ1) is 23.3. The van der Waals surface area contributed by atoms with Crippen LogP contribution in [0, 0.1) is 0 Å². The van der Waals surface area contributed by atoms with Gasteiger partial charge in [-0.15, -0.1) is 0 Å². The highest BCUT2D eigenvalue weighted by atomic mass is 79.9. The predicted octanol–water partition coefficient (Wildman–Crippen LogP) is 2.60. The van der Waals surface area contributed by atoms with Gasteiger partial charge in [-0.25, -0.2) is 4.68 Å². The van der Waals surface area contributed by atoms with E-state index >= 15 is 0 Å². The molecular formula is C20H23BrClF3N5O2+. The van der Waals surface area contributed by atoms with Crippen LogP contribution in [0.4, 0.5) is 19.0 Å². The van der Waals surface area contributed by atoms with Crippen LogP contribution in [0.3, 0.4) is 0 Å². The number of quaternary nitrogens is 1. The standard InChI is InChI=1S/C20H22BrClF3N5O2/c21-13-3-1-12(2-4-13)14-11-15(20(23,24)25)30-18(27-14)16(22)17(28-30)19(31)26-5-6-29-7-9-32-10-8-29/h1-4,14-15,27H,5-11H2,(H,26,31)/p+1. The summed E-state index contributed by atoms with van der Waals surface area (Å²) in [4.78, 5) is 13.9. The van der Waals surface area contributed by atoms with E-state index in [2.05, 4.69) is 31.7 Å². The van der Waals surface area contributed by atoms with Gasteiger partial charge in [0, 0.05) is 10.9 Å². The average Bonchev–Trinajstić information content (AvgIpc) is 3.10. The van der Waals surface area contributed by atoms with E-state index in [1.807, 2.05) is 0 Å². The number of benzene rings is 1. The average molecular weight is 538 g/mol. The van der Waals surface area contributed by atoms with Gasteiger partial charge in [-0.05, 0) is 17.7 Å². The van der Waals surface area contributed by atoms with E-state index in [0.717, 1.165) is 22.2 Å². The number of rotatable bonds is 5. The van der Waals surface area contributed by atoms with Crippen molar-refractivity contribution in [3.8, 4) is 0 Å². The van der Waals surface area contributed by atoms with Crippen LogP contribution < -0.4 is 15.5 Å². The number of ether oxygens (including phenoxy) is 1. The maximum atomic E-state index is 13.9. The third-order valence-electron chi connectivity index (χ3n) is 5.75. The quantitative estimate of drug-likeness (QED) is 0.548. The Morgan fingerprint density at radius 3 is 2.66 bits per heavy atom. The topological polar surface area (TPSA) is 72.6 Å².